The molecule has 3 rings (SSSR count). The van der Waals surface area contributed by atoms with Crippen molar-refractivity contribution in [2.45, 2.75) is 0 Å². The van der Waals surface area contributed by atoms with Gasteiger partial charge in [0.05, 0.1) is 0 Å². The Kier molecular flexibility index (Phi) is 4.76. The van der Waals surface area contributed by atoms with E-state index in [4.69, 9.17) is 11.6 Å². The Balaban J connectivity index is 2.50. The van der Waals surface area contributed by atoms with Crippen LogP contribution in [0.15, 0.2) is 24.3 Å². The average Bonchev–Trinajstić information content (AvgIpc) is 2.73. The molecular weight excluding hydrogens is 426 g/mol. The third-order valence-electron chi connectivity index (χ3n) is 4.22. The summed E-state index contributed by atoms with van der Waals surface area (Å²) in [6.45, 7) is 0. The van der Waals surface area contributed by atoms with Crippen LogP contribution in [-0.4, -0.2) is 51.1 Å². The summed E-state index contributed by atoms with van der Waals surface area (Å²) in [6.07, 6.45) is 0. The van der Waals surface area contributed by atoms with Gasteiger partial charge < -0.3 is 51.1 Å². The maximum Gasteiger partial charge on any atom is 0.208 e. The number of rotatable bonds is 3. The molecule has 0 aliphatic rings. The number of aromatic hydroxyl groups is 10. The van der Waals surface area contributed by atoms with E-state index >= 15 is 0 Å². The topological polar surface area (TPSA) is 206 Å². The summed E-state index contributed by atoms with van der Waals surface area (Å²) in [5, 5.41) is 100. The van der Waals surface area contributed by atoms with E-state index in [2.05, 4.69) is 0 Å². The molecule has 3 aromatic carbocycles. The molecule has 0 saturated heterocycles. The summed E-state index contributed by atoms with van der Waals surface area (Å²) in [6, 6.07) is 5.10. The lowest BCUT2D eigenvalue weighted by Crippen LogP contribution is -2.11. The van der Waals surface area contributed by atoms with Gasteiger partial charge in [0.25, 0.3) is 0 Å². The second-order valence-electron chi connectivity index (χ2n) is 6.00. The molecule has 0 atom stereocenters. The first-order valence-corrected chi connectivity index (χ1v) is 8.30. The zero-order valence-electron chi connectivity index (χ0n) is 14.6. The number of nitrogens with zero attached hydrogens (tertiary/aromatic N) is 1. The summed E-state index contributed by atoms with van der Waals surface area (Å²) in [4.78, 5) is 0.601. The van der Waals surface area contributed by atoms with Gasteiger partial charge in [0, 0.05) is 10.7 Å². The minimum absolute atomic E-state index is 0.107. The average molecular weight is 440 g/mol. The molecule has 0 unspecified atom stereocenters. The predicted molar refractivity (Wildman–Crippen MR) is 103 cm³/mol. The molecule has 0 aliphatic carbocycles. The lowest BCUT2D eigenvalue weighted by molar-refractivity contribution is 0.327. The SMILES string of the molecule is Oc1c(O)c(O)c(N(c2ccc(Cl)cc2)c2c(O)c(O)c(O)c(O)c2O)c(O)c1O. The molecule has 10 N–H and O–H groups in total. The standard InChI is InChI=1S/C18H14ClNO10/c19-5-1-3-6(4-2-5)20(7-9(21)13(25)17(29)14(26)10(7)22)8-11(23)15(27)18(30)16(28)12(8)24/h1-4,21-30H. The largest absolute Gasteiger partial charge is 0.503 e. The van der Waals surface area contributed by atoms with Crippen LogP contribution < -0.4 is 4.90 Å². The van der Waals surface area contributed by atoms with Crippen LogP contribution in [0.4, 0.5) is 17.1 Å². The molecule has 0 heterocycles. The van der Waals surface area contributed by atoms with Crippen molar-refractivity contribution in [2.75, 3.05) is 4.90 Å². The molecule has 30 heavy (non-hydrogen) atoms. The van der Waals surface area contributed by atoms with E-state index in [1.165, 1.54) is 24.3 Å². The van der Waals surface area contributed by atoms with Crippen molar-refractivity contribution >= 4 is 28.7 Å². The van der Waals surface area contributed by atoms with Crippen molar-refractivity contribution in [3.8, 4) is 57.5 Å². The van der Waals surface area contributed by atoms with Gasteiger partial charge in [0.15, 0.2) is 23.0 Å². The Morgan fingerprint density at radius 3 is 1.00 bits per heavy atom. The van der Waals surface area contributed by atoms with Crippen LogP contribution in [0.5, 0.6) is 57.5 Å². The first-order valence-electron chi connectivity index (χ1n) is 7.92. The third-order valence-corrected chi connectivity index (χ3v) is 4.48. The van der Waals surface area contributed by atoms with Gasteiger partial charge in [-0.1, -0.05) is 11.6 Å². The summed E-state index contributed by atoms with van der Waals surface area (Å²) in [5.41, 5.74) is -1.88. The van der Waals surface area contributed by atoms with E-state index < -0.39 is 68.9 Å². The van der Waals surface area contributed by atoms with Gasteiger partial charge in [0.2, 0.25) is 34.5 Å². The van der Waals surface area contributed by atoms with Crippen LogP contribution in [0.3, 0.4) is 0 Å². The van der Waals surface area contributed by atoms with Crippen LogP contribution in [0.2, 0.25) is 5.02 Å². The van der Waals surface area contributed by atoms with Crippen molar-refractivity contribution in [3.63, 3.8) is 0 Å². The second kappa shape index (κ2) is 6.97. The molecule has 0 aromatic heterocycles. The highest BCUT2D eigenvalue weighted by Crippen LogP contribution is 2.63. The zero-order valence-corrected chi connectivity index (χ0v) is 15.4. The van der Waals surface area contributed by atoms with E-state index in [1.807, 2.05) is 0 Å². The van der Waals surface area contributed by atoms with Gasteiger partial charge in [-0.05, 0) is 24.3 Å². The van der Waals surface area contributed by atoms with Crippen LogP contribution in [-0.2, 0) is 0 Å². The molecule has 0 saturated carbocycles. The first kappa shape index (κ1) is 20.5. The van der Waals surface area contributed by atoms with E-state index in [9.17, 15) is 51.1 Å². The number of halogens is 1. The Morgan fingerprint density at radius 1 is 0.433 bits per heavy atom. The summed E-state index contributed by atoms with van der Waals surface area (Å²) in [7, 11) is 0. The quantitative estimate of drug-likeness (QED) is 0.212. The fraction of sp³-hybridized carbons (Fsp3) is 0. The van der Waals surface area contributed by atoms with Crippen molar-refractivity contribution in [3.05, 3.63) is 29.3 Å². The van der Waals surface area contributed by atoms with Gasteiger partial charge in [-0.2, -0.15) is 0 Å². The lowest BCUT2D eigenvalue weighted by atomic mass is 10.1. The Labute approximate surface area is 172 Å². The van der Waals surface area contributed by atoms with E-state index in [0.717, 1.165) is 0 Å². The Morgan fingerprint density at radius 2 is 0.700 bits per heavy atom. The lowest BCUT2D eigenvalue weighted by Gasteiger charge is -2.29. The Bertz CT molecular complexity index is 1040. The highest BCUT2D eigenvalue weighted by molar-refractivity contribution is 6.30. The number of hydrogen-bond acceptors (Lipinski definition) is 11. The fourth-order valence-corrected chi connectivity index (χ4v) is 2.86. The molecule has 11 nitrogen and oxygen atoms in total. The first-order chi connectivity index (χ1) is 14.0. The van der Waals surface area contributed by atoms with Crippen molar-refractivity contribution in [1.82, 2.24) is 0 Å². The van der Waals surface area contributed by atoms with Gasteiger partial charge in [0.1, 0.15) is 11.4 Å². The minimum Gasteiger partial charge on any atom is -0.503 e. The summed E-state index contributed by atoms with van der Waals surface area (Å²) >= 11 is 5.83. The van der Waals surface area contributed by atoms with Crippen LogP contribution in [0.25, 0.3) is 0 Å². The van der Waals surface area contributed by atoms with Gasteiger partial charge in [-0.25, -0.2) is 0 Å². The predicted octanol–water partition coefficient (Wildman–Crippen LogP) is 2.87. The molecular formula is C18H14ClNO10. The number of phenols is 10. The third kappa shape index (κ3) is 2.84. The van der Waals surface area contributed by atoms with E-state index in [-0.39, 0.29) is 10.7 Å². The molecule has 0 radical (unpaired) electrons. The van der Waals surface area contributed by atoms with E-state index in [1.54, 1.807) is 0 Å². The molecule has 0 spiro atoms. The Hall–Kier alpha value is -4.25. The summed E-state index contributed by atoms with van der Waals surface area (Å²) in [5.74, 6) is -12.5. The highest BCUT2D eigenvalue weighted by Gasteiger charge is 2.34. The van der Waals surface area contributed by atoms with E-state index in [0.29, 0.717) is 4.90 Å². The second-order valence-corrected chi connectivity index (χ2v) is 6.43. The van der Waals surface area contributed by atoms with Crippen molar-refractivity contribution in [2.24, 2.45) is 0 Å². The molecule has 0 fully saturated rings. The molecule has 3 aromatic rings. The molecule has 0 bridgehead atoms. The smallest absolute Gasteiger partial charge is 0.208 e. The number of phenolic OH excluding ortho intramolecular Hbond substituents is 10. The van der Waals surface area contributed by atoms with Crippen molar-refractivity contribution in [1.29, 1.82) is 0 Å². The normalized spacial score (nSPS) is 10.8. The van der Waals surface area contributed by atoms with Crippen LogP contribution >= 0.6 is 11.6 Å². The molecule has 0 amide bonds. The number of benzene rings is 3. The number of hydrogen-bond donors (Lipinski definition) is 10. The molecule has 0 aliphatic heterocycles. The van der Waals surface area contributed by atoms with Crippen LogP contribution in [0.1, 0.15) is 0 Å². The summed E-state index contributed by atoms with van der Waals surface area (Å²) < 4.78 is 0. The van der Waals surface area contributed by atoms with Gasteiger partial charge in [-0.3, -0.25) is 4.90 Å². The molecule has 12 heteroatoms. The van der Waals surface area contributed by atoms with Crippen LogP contribution in [0, 0.1) is 0 Å². The van der Waals surface area contributed by atoms with Gasteiger partial charge in [-0.15, -0.1) is 0 Å². The highest BCUT2D eigenvalue weighted by atomic mass is 35.5. The maximum absolute atomic E-state index is 10.3. The minimum atomic E-state index is -1.27. The monoisotopic (exact) mass is 439 g/mol. The fourth-order valence-electron chi connectivity index (χ4n) is 2.73. The number of anilines is 3. The maximum atomic E-state index is 10.3. The van der Waals surface area contributed by atoms with Crippen molar-refractivity contribution < 1.29 is 51.1 Å². The van der Waals surface area contributed by atoms with Gasteiger partial charge >= 0.3 is 0 Å². The molecule has 158 valence electrons. The zero-order chi connectivity index (χ0) is 22.5.